The Bertz CT molecular complexity index is 386. The quantitative estimate of drug-likeness (QED) is 0.327. The Hall–Kier alpha value is -0.982. The van der Waals surface area contributed by atoms with E-state index in [4.69, 9.17) is 23.7 Å². The van der Waals surface area contributed by atoms with Gasteiger partial charge in [0.05, 0.1) is 0 Å². The van der Waals surface area contributed by atoms with Crippen molar-refractivity contribution in [1.29, 1.82) is 0 Å². The topological polar surface area (TPSA) is 121 Å². The second-order valence-electron chi connectivity index (χ2n) is 2.51. The van der Waals surface area contributed by atoms with Gasteiger partial charge in [-0.15, -0.1) is 0 Å². The molecule has 0 aromatic heterocycles. The van der Waals surface area contributed by atoms with Gasteiger partial charge in [0.2, 0.25) is 0 Å². The van der Waals surface area contributed by atoms with Crippen LogP contribution in [0, 0.1) is 0 Å². The first-order valence-electron chi connectivity index (χ1n) is 3.39. The molecule has 0 fully saturated rings. The summed E-state index contributed by atoms with van der Waals surface area (Å²) in [4.78, 5) is 0. The molecule has 1 rings (SSSR count). The van der Waals surface area contributed by atoms with E-state index >= 15 is 0 Å². The number of hydrogen-bond donors (Lipinski definition) is 5. The van der Waals surface area contributed by atoms with Crippen molar-refractivity contribution in [3.8, 4) is 5.75 Å². The van der Waals surface area contributed by atoms with Crippen LogP contribution in [0.4, 0.5) is 5.69 Å². The monoisotopic (exact) mass is 265 g/mol. The van der Waals surface area contributed by atoms with Gasteiger partial charge in [-0.1, -0.05) is 0 Å². The second-order valence-corrected chi connectivity index (χ2v) is 5.87. The summed E-state index contributed by atoms with van der Waals surface area (Å²) in [6.45, 7) is 0. The molecular formula is C6H8AsNO6. The zero-order chi connectivity index (χ0) is 10.9. The summed E-state index contributed by atoms with van der Waals surface area (Å²) in [7, 11) is 0. The average molecular weight is 265 g/mol. The van der Waals surface area contributed by atoms with Crippen molar-refractivity contribution in [3.05, 3.63) is 18.2 Å². The second kappa shape index (κ2) is 3.64. The molecule has 5 N–H and O–H groups in total. The molecule has 0 spiro atoms. The third kappa shape index (κ3) is 2.28. The van der Waals surface area contributed by atoms with Crippen LogP contribution in [0.25, 0.3) is 0 Å². The van der Waals surface area contributed by atoms with Gasteiger partial charge in [-0.2, -0.15) is 0 Å². The molecule has 0 aliphatic heterocycles. The summed E-state index contributed by atoms with van der Waals surface area (Å²) in [5, 5.41) is 25.8. The molecule has 0 bridgehead atoms. The first-order chi connectivity index (χ1) is 6.32. The van der Waals surface area contributed by atoms with E-state index in [1.807, 2.05) is 0 Å². The summed E-state index contributed by atoms with van der Waals surface area (Å²) in [5.41, 5.74) is -0.493. The number of rotatable bonds is 2. The predicted octanol–water partition coefficient (Wildman–Crippen LogP) is -1.46. The average Bonchev–Trinajstić information content (AvgIpc) is 2.02. The van der Waals surface area contributed by atoms with Gasteiger partial charge in [0.1, 0.15) is 0 Å². The molecule has 0 unspecified atom stereocenters. The fraction of sp³-hybridized carbons (Fsp3) is 0. The number of anilines is 1. The predicted molar refractivity (Wildman–Crippen MR) is 44.7 cm³/mol. The fourth-order valence-electron chi connectivity index (χ4n) is 0.853. The normalized spacial score (nSPS) is 11.4. The van der Waals surface area contributed by atoms with Crippen molar-refractivity contribution >= 4 is 24.2 Å². The van der Waals surface area contributed by atoms with E-state index in [0.717, 1.165) is 18.2 Å². The van der Waals surface area contributed by atoms with Crippen LogP contribution in [-0.2, 0) is 3.74 Å². The molecule has 0 saturated heterocycles. The Morgan fingerprint density at radius 2 is 1.79 bits per heavy atom. The van der Waals surface area contributed by atoms with E-state index in [1.54, 1.807) is 0 Å². The molecule has 0 atom stereocenters. The Balaban J connectivity index is 3.27. The van der Waals surface area contributed by atoms with E-state index < -0.39 is 30.8 Å². The number of aromatic hydroxyl groups is 1. The van der Waals surface area contributed by atoms with E-state index in [-0.39, 0.29) is 4.35 Å². The molecule has 0 amide bonds. The maximum atomic E-state index is 10.8. The summed E-state index contributed by atoms with van der Waals surface area (Å²) >= 11 is -5.07. The summed E-state index contributed by atoms with van der Waals surface area (Å²) in [6.07, 6.45) is 0. The van der Waals surface area contributed by atoms with E-state index in [9.17, 15) is 3.74 Å². The van der Waals surface area contributed by atoms with Crippen LogP contribution in [0.5, 0.6) is 5.75 Å². The molecule has 14 heavy (non-hydrogen) atoms. The summed E-state index contributed by atoms with van der Waals surface area (Å²) in [5.74, 6) is -0.497. The molecular weight excluding hydrogens is 257 g/mol. The molecule has 1 aromatic rings. The van der Waals surface area contributed by atoms with Crippen LogP contribution < -0.4 is 9.58 Å². The van der Waals surface area contributed by atoms with Crippen LogP contribution in [0.1, 0.15) is 0 Å². The molecule has 1 aromatic carbocycles. The Morgan fingerprint density at radius 1 is 1.21 bits per heavy atom. The van der Waals surface area contributed by atoms with Crippen molar-refractivity contribution < 1.29 is 27.5 Å². The molecule has 8 heteroatoms. The van der Waals surface area contributed by atoms with Crippen molar-refractivity contribution in [3.63, 3.8) is 0 Å². The SMILES string of the molecule is O=[As](O)(O)c1ccc(O)c(N(O)O)c1. The van der Waals surface area contributed by atoms with Crippen molar-refractivity contribution in [1.82, 2.24) is 0 Å². The summed E-state index contributed by atoms with van der Waals surface area (Å²) < 4.78 is 28.0. The van der Waals surface area contributed by atoms with Crippen LogP contribution in [-0.4, -0.2) is 37.9 Å². The first-order valence-corrected chi connectivity index (χ1v) is 6.77. The first kappa shape index (κ1) is 11.1. The third-order valence-electron chi connectivity index (χ3n) is 1.51. The molecule has 0 aliphatic rings. The molecule has 0 radical (unpaired) electrons. The van der Waals surface area contributed by atoms with Crippen LogP contribution in [0.15, 0.2) is 18.2 Å². The third-order valence-corrected chi connectivity index (χ3v) is 3.51. The van der Waals surface area contributed by atoms with E-state index in [1.165, 1.54) is 0 Å². The Labute approximate surface area is 81.4 Å². The molecule has 78 valence electrons. The zero-order valence-corrected chi connectivity index (χ0v) is 8.65. The van der Waals surface area contributed by atoms with Crippen LogP contribution in [0.3, 0.4) is 0 Å². The Morgan fingerprint density at radius 3 is 2.21 bits per heavy atom. The van der Waals surface area contributed by atoms with Gasteiger partial charge in [0.25, 0.3) is 0 Å². The summed E-state index contributed by atoms with van der Waals surface area (Å²) in [6, 6.07) is 2.78. The number of hydrogen-bond acceptors (Lipinski definition) is 5. The number of benzene rings is 1. The van der Waals surface area contributed by atoms with Gasteiger partial charge in [0, 0.05) is 0 Å². The molecule has 0 heterocycles. The van der Waals surface area contributed by atoms with Gasteiger partial charge in [-0.3, -0.25) is 0 Å². The molecule has 7 nitrogen and oxygen atoms in total. The van der Waals surface area contributed by atoms with Gasteiger partial charge >= 0.3 is 80.8 Å². The van der Waals surface area contributed by atoms with Gasteiger partial charge < -0.3 is 0 Å². The minimum atomic E-state index is -5.07. The minimum absolute atomic E-state index is 0.357. The standard InChI is InChI=1S/C6H8AsNO6/c9-6-2-1-4(7(10,11)12)3-5(6)8(13)14/h1-3,9,13-14H,(H2,10,11,12). The van der Waals surface area contributed by atoms with Crippen molar-refractivity contribution in [2.45, 2.75) is 0 Å². The number of phenolic OH excluding ortho intramolecular Hbond substituents is 1. The van der Waals surface area contributed by atoms with Gasteiger partial charge in [-0.25, -0.2) is 0 Å². The molecule has 0 saturated carbocycles. The van der Waals surface area contributed by atoms with Crippen LogP contribution in [0.2, 0.25) is 0 Å². The Kier molecular flexibility index (Phi) is 2.89. The van der Waals surface area contributed by atoms with E-state index in [0.29, 0.717) is 0 Å². The van der Waals surface area contributed by atoms with Crippen LogP contribution >= 0.6 is 0 Å². The number of nitrogens with zero attached hydrogens (tertiary/aromatic N) is 1. The van der Waals surface area contributed by atoms with Crippen molar-refractivity contribution in [2.75, 3.05) is 5.23 Å². The molecule has 0 aliphatic carbocycles. The van der Waals surface area contributed by atoms with Gasteiger partial charge in [0.15, 0.2) is 0 Å². The van der Waals surface area contributed by atoms with Gasteiger partial charge in [-0.05, 0) is 0 Å². The zero-order valence-electron chi connectivity index (χ0n) is 6.77. The fourth-order valence-corrected chi connectivity index (χ4v) is 2.03. The van der Waals surface area contributed by atoms with Crippen molar-refractivity contribution in [2.24, 2.45) is 0 Å². The maximum absolute atomic E-state index is 10.8. The van der Waals surface area contributed by atoms with E-state index in [2.05, 4.69) is 0 Å². The number of phenols is 1.